The fourth-order valence-corrected chi connectivity index (χ4v) is 13.9. The van der Waals surface area contributed by atoms with Gasteiger partial charge < -0.3 is 4.90 Å². The lowest BCUT2D eigenvalue weighted by Crippen LogP contribution is -2.28. The Balaban J connectivity index is 0.939. The molecule has 4 atom stereocenters. The van der Waals surface area contributed by atoms with E-state index in [1.807, 2.05) is 0 Å². The lowest BCUT2D eigenvalue weighted by Gasteiger charge is -2.39. The molecular weight excluding hydrogens is 951 g/mol. The van der Waals surface area contributed by atoms with Gasteiger partial charge in [0, 0.05) is 22.5 Å². The van der Waals surface area contributed by atoms with Crippen molar-refractivity contribution in [3.63, 3.8) is 0 Å². The van der Waals surface area contributed by atoms with Gasteiger partial charge in [-0.15, -0.1) is 0 Å². The molecule has 1 spiro atoms. The molecule has 0 heterocycles. The molecule has 1 heteroatoms. The first-order chi connectivity index (χ1) is 38.0. The van der Waals surface area contributed by atoms with Crippen molar-refractivity contribution < 1.29 is 0 Å². The van der Waals surface area contributed by atoms with E-state index >= 15 is 0 Å². The summed E-state index contributed by atoms with van der Waals surface area (Å²) in [5.41, 5.74) is 28.1. The molecular formula is C78H73N. The summed E-state index contributed by atoms with van der Waals surface area (Å²) in [5.74, 6) is 1.59. The average molecular weight is 1020 g/mol. The molecule has 4 unspecified atom stereocenters. The predicted molar refractivity (Wildman–Crippen MR) is 336 cm³/mol. The molecule has 0 bridgehead atoms. The summed E-state index contributed by atoms with van der Waals surface area (Å²) in [4.78, 5) is 2.47. The van der Waals surface area contributed by atoms with Gasteiger partial charge in [0.1, 0.15) is 0 Å². The van der Waals surface area contributed by atoms with E-state index in [9.17, 15) is 0 Å². The highest BCUT2D eigenvalue weighted by Crippen LogP contribution is 2.64. The monoisotopic (exact) mass is 1020 g/mol. The Hall–Kier alpha value is -8.00. The topological polar surface area (TPSA) is 3.24 Å². The highest BCUT2D eigenvalue weighted by molar-refractivity contribution is 5.97. The molecule has 79 heavy (non-hydrogen) atoms. The Morgan fingerprint density at radius 1 is 0.342 bits per heavy atom. The summed E-state index contributed by atoms with van der Waals surface area (Å²) in [5, 5.41) is 0. The van der Waals surface area contributed by atoms with Crippen LogP contribution in [0.1, 0.15) is 121 Å². The average Bonchev–Trinajstić information content (AvgIpc) is 2.68. The van der Waals surface area contributed by atoms with Crippen LogP contribution in [-0.2, 0) is 10.8 Å². The zero-order chi connectivity index (χ0) is 54.6. The van der Waals surface area contributed by atoms with Gasteiger partial charge in [-0.05, 0) is 189 Å². The molecule has 390 valence electrons. The lowest BCUT2D eigenvalue weighted by atomic mass is 9.66. The van der Waals surface area contributed by atoms with E-state index in [0.717, 1.165) is 17.1 Å². The van der Waals surface area contributed by atoms with E-state index in [1.165, 1.54) is 112 Å². The van der Waals surface area contributed by atoms with Crippen LogP contribution in [0.25, 0.3) is 66.8 Å². The zero-order valence-corrected chi connectivity index (χ0v) is 47.8. The van der Waals surface area contributed by atoms with Gasteiger partial charge in [0.15, 0.2) is 0 Å². The maximum absolute atomic E-state index is 2.54. The molecule has 3 aliphatic rings. The lowest BCUT2D eigenvalue weighted by molar-refractivity contribution is 0.163. The molecule has 0 saturated heterocycles. The largest absolute Gasteiger partial charge is 0.310 e. The fourth-order valence-electron chi connectivity index (χ4n) is 13.9. The first kappa shape index (κ1) is 50.5. The summed E-state index contributed by atoms with van der Waals surface area (Å²) >= 11 is 0. The van der Waals surface area contributed by atoms with Crippen LogP contribution in [0.3, 0.4) is 0 Å². The van der Waals surface area contributed by atoms with Crippen LogP contribution in [0.5, 0.6) is 0 Å². The summed E-state index contributed by atoms with van der Waals surface area (Å²) in [6, 6.07) is 87.8. The molecule has 0 radical (unpaired) electrons. The van der Waals surface area contributed by atoms with Gasteiger partial charge in [0.2, 0.25) is 0 Å². The van der Waals surface area contributed by atoms with Crippen LogP contribution in [0, 0.1) is 22.7 Å². The number of nitrogens with zero attached hydrogens (tertiary/aromatic N) is 1. The minimum absolute atomic E-state index is 0.0299. The van der Waals surface area contributed by atoms with Crippen LogP contribution in [0.15, 0.2) is 231 Å². The Morgan fingerprint density at radius 2 is 0.747 bits per heavy atom. The smallest absolute Gasteiger partial charge is 0.0726 e. The Bertz CT molecular complexity index is 3920. The standard InChI is InChI=1S/C78H73N/c1-50(75(3,4)5)46-67(51(2)76(6,7)8)56-30-28-54(29-31-56)58-36-43-65-62-22-15-18-26-71(62)78(73(65)48-58)72-27-19-16-23-63(72)66-44-42-61(49-74(66)78)79(59-38-32-53(33-39-59)52-20-12-11-13-21-52)60-40-34-55(35-41-60)57-37-45-70-68(47-57)64-24-14-17-25-69(64)77(70,9)10/h11-45,47-51,67H,46H2,1-10H3. The van der Waals surface area contributed by atoms with Gasteiger partial charge in [-0.3, -0.25) is 0 Å². The zero-order valence-electron chi connectivity index (χ0n) is 47.8. The molecule has 0 fully saturated rings. The van der Waals surface area contributed by atoms with E-state index in [2.05, 4.69) is 305 Å². The van der Waals surface area contributed by atoms with Crippen LogP contribution >= 0.6 is 0 Å². The van der Waals surface area contributed by atoms with Crippen LogP contribution in [-0.4, -0.2) is 0 Å². The van der Waals surface area contributed by atoms with E-state index in [0.29, 0.717) is 17.8 Å². The second-order valence-electron chi connectivity index (χ2n) is 25.9. The van der Waals surface area contributed by atoms with Crippen LogP contribution in [0.4, 0.5) is 17.1 Å². The van der Waals surface area contributed by atoms with Crippen molar-refractivity contribution in [3.05, 3.63) is 269 Å². The molecule has 10 aromatic rings. The van der Waals surface area contributed by atoms with E-state index in [-0.39, 0.29) is 16.2 Å². The summed E-state index contributed by atoms with van der Waals surface area (Å²) < 4.78 is 0. The quantitative estimate of drug-likeness (QED) is 0.132. The Morgan fingerprint density at radius 3 is 1.32 bits per heavy atom. The van der Waals surface area contributed by atoms with Crippen molar-refractivity contribution in [2.45, 2.75) is 92.4 Å². The third-order valence-electron chi connectivity index (χ3n) is 19.3. The maximum Gasteiger partial charge on any atom is 0.0726 e. The molecule has 13 rings (SSSR count). The molecule has 10 aromatic carbocycles. The van der Waals surface area contributed by atoms with Crippen molar-refractivity contribution in [1.82, 2.24) is 0 Å². The van der Waals surface area contributed by atoms with Gasteiger partial charge in [-0.2, -0.15) is 0 Å². The predicted octanol–water partition coefficient (Wildman–Crippen LogP) is 21.6. The summed E-state index contributed by atoms with van der Waals surface area (Å²) in [7, 11) is 0. The molecule has 0 aromatic heterocycles. The van der Waals surface area contributed by atoms with Gasteiger partial charge in [0.25, 0.3) is 0 Å². The van der Waals surface area contributed by atoms with E-state index in [4.69, 9.17) is 0 Å². The van der Waals surface area contributed by atoms with E-state index in [1.54, 1.807) is 0 Å². The van der Waals surface area contributed by atoms with Gasteiger partial charge in [-0.1, -0.05) is 251 Å². The minimum Gasteiger partial charge on any atom is -0.310 e. The van der Waals surface area contributed by atoms with Crippen LogP contribution < -0.4 is 4.90 Å². The normalized spacial score (nSPS) is 16.5. The van der Waals surface area contributed by atoms with Gasteiger partial charge in [-0.25, -0.2) is 0 Å². The number of hydrogen-bond acceptors (Lipinski definition) is 1. The summed E-state index contributed by atoms with van der Waals surface area (Å²) in [6.07, 6.45) is 1.17. The maximum atomic E-state index is 2.54. The highest BCUT2D eigenvalue weighted by atomic mass is 15.1. The third kappa shape index (κ3) is 8.26. The second-order valence-corrected chi connectivity index (χ2v) is 25.9. The van der Waals surface area contributed by atoms with Gasteiger partial charge >= 0.3 is 0 Å². The third-order valence-corrected chi connectivity index (χ3v) is 19.3. The van der Waals surface area contributed by atoms with Crippen molar-refractivity contribution >= 4 is 17.1 Å². The molecule has 1 nitrogen and oxygen atoms in total. The van der Waals surface area contributed by atoms with Gasteiger partial charge in [0.05, 0.1) is 5.41 Å². The second kappa shape index (κ2) is 18.8. The van der Waals surface area contributed by atoms with Crippen molar-refractivity contribution in [2.75, 3.05) is 4.90 Å². The molecule has 0 N–H and O–H groups in total. The number of hydrogen-bond donors (Lipinski definition) is 0. The number of anilines is 3. The Labute approximate surface area is 470 Å². The summed E-state index contributed by atoms with van der Waals surface area (Å²) in [6.45, 7) is 24.1. The molecule has 0 amide bonds. The number of fused-ring (bicyclic) bond motifs is 13. The molecule has 0 saturated carbocycles. The van der Waals surface area contributed by atoms with Crippen molar-refractivity contribution in [3.8, 4) is 66.8 Å². The van der Waals surface area contributed by atoms with Crippen molar-refractivity contribution in [2.24, 2.45) is 22.7 Å². The first-order valence-electron chi connectivity index (χ1n) is 28.9. The Kier molecular flexibility index (Phi) is 12.0. The fraction of sp³-hybridized carbons (Fsp3) is 0.231. The number of rotatable bonds is 10. The SMILES string of the molecule is CC(CC(c1ccc(-c2ccc3c(c2)C2(c4ccccc4-3)c3ccccc3-c3ccc(N(c4ccc(-c5ccccc5)cc4)c4ccc(-c5ccc6c(c5)-c5ccccc5C6(C)C)cc4)cc32)cc1)C(C)C(C)(C)C)C(C)(C)C. The van der Waals surface area contributed by atoms with E-state index < -0.39 is 5.41 Å². The molecule has 0 aliphatic heterocycles. The highest BCUT2D eigenvalue weighted by Gasteiger charge is 2.52. The van der Waals surface area contributed by atoms with Crippen molar-refractivity contribution in [1.29, 1.82) is 0 Å². The molecule has 3 aliphatic carbocycles. The number of benzene rings is 10. The first-order valence-corrected chi connectivity index (χ1v) is 28.9. The van der Waals surface area contributed by atoms with Crippen LogP contribution in [0.2, 0.25) is 0 Å². The minimum atomic E-state index is -0.534.